The van der Waals surface area contributed by atoms with Crippen molar-refractivity contribution in [2.24, 2.45) is 0 Å². The maximum Gasteiger partial charge on any atom is 0.406 e. The van der Waals surface area contributed by atoms with Gasteiger partial charge in [0, 0.05) is 12.1 Å². The maximum atomic E-state index is 12.6. The molecule has 1 aromatic carbocycles. The summed E-state index contributed by atoms with van der Waals surface area (Å²) < 4.78 is 62.7. The van der Waals surface area contributed by atoms with E-state index in [1.807, 2.05) is 0 Å². The highest BCUT2D eigenvalue weighted by atomic mass is 19.4. The van der Waals surface area contributed by atoms with E-state index in [-0.39, 0.29) is 24.9 Å². The van der Waals surface area contributed by atoms with E-state index in [1.54, 1.807) is 0 Å². The van der Waals surface area contributed by atoms with Crippen molar-refractivity contribution in [1.82, 2.24) is 5.32 Å². The molecule has 0 bridgehead atoms. The molecule has 1 fully saturated rings. The highest BCUT2D eigenvalue weighted by Gasteiger charge is 2.62. The van der Waals surface area contributed by atoms with E-state index in [4.69, 9.17) is 0 Å². The summed E-state index contributed by atoms with van der Waals surface area (Å²) >= 11 is 0. The van der Waals surface area contributed by atoms with Crippen LogP contribution in [0.15, 0.2) is 24.3 Å². The first-order valence-corrected chi connectivity index (χ1v) is 5.53. The van der Waals surface area contributed by atoms with Crippen molar-refractivity contribution in [3.63, 3.8) is 0 Å². The van der Waals surface area contributed by atoms with Crippen LogP contribution in [-0.4, -0.2) is 11.7 Å². The molecule has 0 saturated heterocycles. The van der Waals surface area contributed by atoms with Gasteiger partial charge in [-0.25, -0.2) is 8.78 Å². The van der Waals surface area contributed by atoms with Gasteiger partial charge in [-0.05, 0) is 24.5 Å². The normalized spacial score (nSPS) is 18.1. The van der Waals surface area contributed by atoms with Crippen LogP contribution < -0.4 is 5.32 Å². The Bertz CT molecular complexity index is 423. The second-order valence-corrected chi connectivity index (χ2v) is 4.48. The van der Waals surface area contributed by atoms with Crippen LogP contribution in [0.4, 0.5) is 22.0 Å². The summed E-state index contributed by atoms with van der Waals surface area (Å²) in [7, 11) is 0. The summed E-state index contributed by atoms with van der Waals surface area (Å²) in [4.78, 5) is 0. The third-order valence-corrected chi connectivity index (χ3v) is 3.13. The number of rotatable bonds is 4. The Labute approximate surface area is 101 Å². The summed E-state index contributed by atoms with van der Waals surface area (Å²) in [6.07, 6.45) is -6.80. The van der Waals surface area contributed by atoms with E-state index in [0.717, 1.165) is 0 Å². The molecule has 0 aromatic heterocycles. The Balaban J connectivity index is 2.01. The predicted octanol–water partition coefficient (Wildman–Crippen LogP) is 3.81. The highest BCUT2D eigenvalue weighted by molar-refractivity contribution is 5.25. The van der Waals surface area contributed by atoms with Crippen LogP contribution in [0.5, 0.6) is 0 Å². The second-order valence-electron chi connectivity index (χ2n) is 4.48. The van der Waals surface area contributed by atoms with E-state index in [0.29, 0.717) is 5.56 Å². The van der Waals surface area contributed by atoms with E-state index in [9.17, 15) is 22.0 Å². The Hall–Kier alpha value is -1.17. The van der Waals surface area contributed by atoms with Gasteiger partial charge in [-0.3, -0.25) is 5.32 Å². The van der Waals surface area contributed by atoms with Gasteiger partial charge in [-0.2, -0.15) is 13.2 Å². The van der Waals surface area contributed by atoms with Crippen LogP contribution in [0.2, 0.25) is 0 Å². The van der Waals surface area contributed by atoms with E-state index >= 15 is 0 Å². The van der Waals surface area contributed by atoms with Crippen LogP contribution >= 0.6 is 0 Å². The van der Waals surface area contributed by atoms with Crippen molar-refractivity contribution >= 4 is 0 Å². The minimum Gasteiger partial charge on any atom is -0.299 e. The number of alkyl halides is 5. The molecule has 1 N–H and O–H groups in total. The molecular formula is C12H12F5N. The first kappa shape index (κ1) is 13.3. The molecule has 6 heteroatoms. The zero-order valence-corrected chi connectivity index (χ0v) is 9.40. The maximum absolute atomic E-state index is 12.6. The topological polar surface area (TPSA) is 12.0 Å². The first-order valence-electron chi connectivity index (χ1n) is 5.53. The van der Waals surface area contributed by atoms with Gasteiger partial charge in [-0.15, -0.1) is 0 Å². The van der Waals surface area contributed by atoms with Gasteiger partial charge in [0.25, 0.3) is 6.43 Å². The van der Waals surface area contributed by atoms with Crippen molar-refractivity contribution in [3.05, 3.63) is 35.4 Å². The third kappa shape index (κ3) is 2.63. The number of hydrogen-bond donors (Lipinski definition) is 1. The standard InChI is InChI=1S/C12H12F5N/c13-10(14)9-3-1-2-8(6-9)7-18-11(4-5-11)12(15,16)17/h1-3,6,10,18H,4-5,7H2. The van der Waals surface area contributed by atoms with E-state index in [1.165, 1.54) is 24.3 Å². The Morgan fingerprint density at radius 2 is 1.89 bits per heavy atom. The van der Waals surface area contributed by atoms with Gasteiger partial charge in [0.05, 0.1) is 0 Å². The summed E-state index contributed by atoms with van der Waals surface area (Å²) in [5.74, 6) is 0. The number of halogens is 5. The molecule has 2 rings (SSSR count). The van der Waals surface area contributed by atoms with Gasteiger partial charge in [0.2, 0.25) is 0 Å². The predicted molar refractivity (Wildman–Crippen MR) is 56.3 cm³/mol. The number of benzene rings is 1. The monoisotopic (exact) mass is 265 g/mol. The van der Waals surface area contributed by atoms with Gasteiger partial charge in [0.15, 0.2) is 0 Å². The molecule has 1 nitrogen and oxygen atoms in total. The van der Waals surface area contributed by atoms with Crippen molar-refractivity contribution in [1.29, 1.82) is 0 Å². The SMILES string of the molecule is FC(F)c1cccc(CNC2(C(F)(F)F)CC2)c1. The van der Waals surface area contributed by atoms with Crippen molar-refractivity contribution in [3.8, 4) is 0 Å². The molecule has 0 heterocycles. The minimum absolute atomic E-state index is 0.0467. The molecule has 1 saturated carbocycles. The second kappa shape index (κ2) is 4.50. The van der Waals surface area contributed by atoms with Crippen molar-refractivity contribution in [2.45, 2.75) is 37.5 Å². The third-order valence-electron chi connectivity index (χ3n) is 3.13. The van der Waals surface area contributed by atoms with E-state index in [2.05, 4.69) is 5.32 Å². The van der Waals surface area contributed by atoms with Crippen molar-refractivity contribution < 1.29 is 22.0 Å². The Kier molecular flexibility index (Phi) is 3.31. The Morgan fingerprint density at radius 3 is 2.39 bits per heavy atom. The van der Waals surface area contributed by atoms with Crippen LogP contribution in [0.25, 0.3) is 0 Å². The zero-order chi connectivity index (χ0) is 13.4. The fourth-order valence-corrected chi connectivity index (χ4v) is 1.80. The molecule has 0 atom stereocenters. The summed E-state index contributed by atoms with van der Waals surface area (Å²) in [6.45, 7) is -0.0555. The van der Waals surface area contributed by atoms with Crippen LogP contribution in [0, 0.1) is 0 Å². The quantitative estimate of drug-likeness (QED) is 0.816. The highest BCUT2D eigenvalue weighted by Crippen LogP contribution is 2.49. The van der Waals surface area contributed by atoms with E-state index < -0.39 is 18.1 Å². The molecule has 0 unspecified atom stereocenters. The smallest absolute Gasteiger partial charge is 0.299 e. The van der Waals surface area contributed by atoms with Gasteiger partial charge >= 0.3 is 6.18 Å². The van der Waals surface area contributed by atoms with Gasteiger partial charge in [-0.1, -0.05) is 18.2 Å². The lowest BCUT2D eigenvalue weighted by molar-refractivity contribution is -0.166. The fourth-order valence-electron chi connectivity index (χ4n) is 1.80. The molecule has 1 aliphatic rings. The molecule has 1 aliphatic carbocycles. The fraction of sp³-hybridized carbons (Fsp3) is 0.500. The summed E-state index contributed by atoms with van der Waals surface area (Å²) in [5.41, 5.74) is -1.55. The average Bonchev–Trinajstić information content (AvgIpc) is 3.07. The van der Waals surface area contributed by atoms with Gasteiger partial charge < -0.3 is 0 Å². The van der Waals surface area contributed by atoms with Crippen molar-refractivity contribution in [2.75, 3.05) is 0 Å². The molecule has 0 spiro atoms. The summed E-state index contributed by atoms with van der Waals surface area (Å²) in [5, 5.41) is 2.42. The Morgan fingerprint density at radius 1 is 1.22 bits per heavy atom. The molecule has 0 aliphatic heterocycles. The average molecular weight is 265 g/mol. The lowest BCUT2D eigenvalue weighted by Crippen LogP contribution is -2.44. The van der Waals surface area contributed by atoms with Crippen LogP contribution in [0.1, 0.15) is 30.4 Å². The molecule has 100 valence electrons. The van der Waals surface area contributed by atoms with Crippen LogP contribution in [-0.2, 0) is 6.54 Å². The van der Waals surface area contributed by atoms with Gasteiger partial charge in [0.1, 0.15) is 5.54 Å². The first-order chi connectivity index (χ1) is 8.34. The lowest BCUT2D eigenvalue weighted by Gasteiger charge is -2.20. The number of hydrogen-bond acceptors (Lipinski definition) is 1. The van der Waals surface area contributed by atoms with Crippen LogP contribution in [0.3, 0.4) is 0 Å². The summed E-state index contributed by atoms with van der Waals surface area (Å²) in [6, 6.07) is 5.44. The minimum atomic E-state index is -4.28. The largest absolute Gasteiger partial charge is 0.406 e. The molecular weight excluding hydrogens is 253 g/mol. The number of nitrogens with one attached hydrogen (secondary N) is 1. The molecule has 1 aromatic rings. The lowest BCUT2D eigenvalue weighted by atomic mass is 10.1. The zero-order valence-electron chi connectivity index (χ0n) is 9.40. The molecule has 0 amide bonds. The molecule has 18 heavy (non-hydrogen) atoms. The molecule has 0 radical (unpaired) electrons.